The van der Waals surface area contributed by atoms with Gasteiger partial charge < -0.3 is 10.2 Å². The van der Waals surface area contributed by atoms with Gasteiger partial charge in [0.05, 0.1) is 5.69 Å². The molecule has 1 amide bonds. The third-order valence-corrected chi connectivity index (χ3v) is 5.85. The second kappa shape index (κ2) is 8.04. The molecular weight excluding hydrogens is 388 g/mol. The Morgan fingerprint density at radius 3 is 2.37 bits per heavy atom. The van der Waals surface area contributed by atoms with Gasteiger partial charge >= 0.3 is 5.51 Å². The largest absolute Gasteiger partial charge is 0.501 e. The number of alkyl halides is 3. The first kappa shape index (κ1) is 21.5. The third kappa shape index (κ3) is 5.12. The molecule has 1 N–H and O–H groups in total. The normalized spacial score (nSPS) is 16.6. The number of carbonyl (C=O) groups excluding carboxylic acids is 1. The van der Waals surface area contributed by atoms with Crippen LogP contribution >= 0.6 is 0 Å². The lowest BCUT2D eigenvalue weighted by atomic mass is 10.0. The predicted molar refractivity (Wildman–Crippen MR) is 92.3 cm³/mol. The number of halogens is 4. The van der Waals surface area contributed by atoms with Crippen LogP contribution in [-0.2, 0) is 14.6 Å². The lowest BCUT2D eigenvalue weighted by molar-refractivity contribution is -0.132. The number of nitrogens with zero attached hydrogens (tertiary/aromatic N) is 1. The summed E-state index contributed by atoms with van der Waals surface area (Å²) in [4.78, 5) is 12.6. The molecule has 1 saturated heterocycles. The maximum absolute atomic E-state index is 13.4. The van der Waals surface area contributed by atoms with Crippen LogP contribution in [0, 0.1) is 11.7 Å². The van der Waals surface area contributed by atoms with Crippen molar-refractivity contribution in [2.45, 2.75) is 49.6 Å². The molecule has 0 aliphatic carbocycles. The predicted octanol–water partition coefficient (Wildman–Crippen LogP) is 3.57. The Morgan fingerprint density at radius 2 is 1.85 bits per heavy atom. The standard InChI is InChI=1S/C17H22F4N2O3S/c1-11(2)9-16(24)23-7-5-13(6-8-23)22-14-4-3-12(18)10-15(14)27(25,26)17(19,20)21/h3-4,10-11,13,22H,5-9H2,1-2H3. The summed E-state index contributed by atoms with van der Waals surface area (Å²) in [5.41, 5.74) is -5.81. The molecule has 1 aromatic rings. The number of benzene rings is 1. The van der Waals surface area contributed by atoms with Crippen LogP contribution < -0.4 is 5.32 Å². The van der Waals surface area contributed by atoms with Crippen molar-refractivity contribution in [2.24, 2.45) is 5.92 Å². The highest BCUT2D eigenvalue weighted by Crippen LogP contribution is 2.35. The lowest BCUT2D eigenvalue weighted by Gasteiger charge is -2.33. The minimum absolute atomic E-state index is 0.0190. The molecule has 1 aliphatic heterocycles. The molecule has 0 bridgehead atoms. The monoisotopic (exact) mass is 410 g/mol. The number of piperidine rings is 1. The van der Waals surface area contributed by atoms with E-state index in [0.29, 0.717) is 38.4 Å². The zero-order valence-electron chi connectivity index (χ0n) is 15.0. The van der Waals surface area contributed by atoms with E-state index in [-0.39, 0.29) is 23.6 Å². The Balaban J connectivity index is 2.13. The van der Waals surface area contributed by atoms with Gasteiger partial charge in [-0.15, -0.1) is 0 Å². The first-order valence-corrected chi connectivity index (χ1v) is 10.1. The van der Waals surface area contributed by atoms with Crippen molar-refractivity contribution in [1.29, 1.82) is 0 Å². The van der Waals surface area contributed by atoms with Crippen LogP contribution in [0.3, 0.4) is 0 Å². The fraction of sp³-hybridized carbons (Fsp3) is 0.588. The lowest BCUT2D eigenvalue weighted by Crippen LogP contribution is -2.42. The van der Waals surface area contributed by atoms with Gasteiger partial charge in [0, 0.05) is 25.6 Å². The second-order valence-corrected chi connectivity index (χ2v) is 8.90. The summed E-state index contributed by atoms with van der Waals surface area (Å²) in [5.74, 6) is -0.828. The summed E-state index contributed by atoms with van der Waals surface area (Å²) >= 11 is 0. The van der Waals surface area contributed by atoms with Crippen molar-refractivity contribution in [3.8, 4) is 0 Å². The SMILES string of the molecule is CC(C)CC(=O)N1CCC(Nc2ccc(F)cc2S(=O)(=O)C(F)(F)F)CC1. The van der Waals surface area contributed by atoms with Crippen molar-refractivity contribution in [3.05, 3.63) is 24.0 Å². The summed E-state index contributed by atoms with van der Waals surface area (Å²) in [6, 6.07) is 1.94. The molecule has 1 fully saturated rings. The number of nitrogens with one attached hydrogen (secondary N) is 1. The van der Waals surface area contributed by atoms with E-state index < -0.39 is 26.1 Å². The van der Waals surface area contributed by atoms with Crippen molar-refractivity contribution in [3.63, 3.8) is 0 Å². The quantitative estimate of drug-likeness (QED) is 0.754. The van der Waals surface area contributed by atoms with E-state index in [2.05, 4.69) is 5.32 Å². The third-order valence-electron chi connectivity index (χ3n) is 4.33. The summed E-state index contributed by atoms with van der Waals surface area (Å²) in [5, 5.41) is 2.77. The van der Waals surface area contributed by atoms with Gasteiger partial charge in [-0.2, -0.15) is 13.2 Å². The zero-order valence-corrected chi connectivity index (χ0v) is 15.8. The first-order chi connectivity index (χ1) is 12.4. The summed E-state index contributed by atoms with van der Waals surface area (Å²) in [7, 11) is -5.69. The molecule has 0 spiro atoms. The van der Waals surface area contributed by atoms with E-state index >= 15 is 0 Å². The van der Waals surface area contributed by atoms with Gasteiger partial charge in [-0.1, -0.05) is 13.8 Å². The number of carbonyl (C=O) groups is 1. The van der Waals surface area contributed by atoms with Crippen LogP contribution in [0.5, 0.6) is 0 Å². The van der Waals surface area contributed by atoms with Gasteiger partial charge in [0.1, 0.15) is 10.7 Å². The van der Waals surface area contributed by atoms with Crippen molar-refractivity contribution in [1.82, 2.24) is 4.90 Å². The fourth-order valence-corrected chi connectivity index (χ4v) is 3.87. The molecule has 2 rings (SSSR count). The number of likely N-dealkylation sites (tertiary alicyclic amines) is 1. The fourth-order valence-electron chi connectivity index (χ4n) is 2.93. The van der Waals surface area contributed by atoms with Crippen LogP contribution in [0.1, 0.15) is 33.1 Å². The Morgan fingerprint density at radius 1 is 1.26 bits per heavy atom. The summed E-state index contributed by atoms with van der Waals surface area (Å²) in [6.07, 6.45) is 1.32. The van der Waals surface area contributed by atoms with Gasteiger partial charge in [0.25, 0.3) is 9.84 Å². The Kier molecular flexibility index (Phi) is 6.39. The molecule has 1 aliphatic rings. The molecule has 27 heavy (non-hydrogen) atoms. The summed E-state index contributed by atoms with van der Waals surface area (Å²) < 4.78 is 75.5. The molecule has 0 unspecified atom stereocenters. The van der Waals surface area contributed by atoms with Crippen molar-refractivity contribution in [2.75, 3.05) is 18.4 Å². The van der Waals surface area contributed by atoms with E-state index in [0.717, 1.165) is 12.1 Å². The zero-order chi connectivity index (χ0) is 20.4. The van der Waals surface area contributed by atoms with Crippen LogP contribution in [0.15, 0.2) is 23.1 Å². The molecule has 0 atom stereocenters. The number of hydrogen-bond acceptors (Lipinski definition) is 4. The Bertz CT molecular complexity index is 786. The number of anilines is 1. The van der Waals surface area contributed by atoms with Gasteiger partial charge in [0.2, 0.25) is 5.91 Å². The van der Waals surface area contributed by atoms with E-state index in [1.807, 2.05) is 13.8 Å². The Hall–Kier alpha value is -1.84. The average molecular weight is 410 g/mol. The molecule has 10 heteroatoms. The van der Waals surface area contributed by atoms with E-state index in [4.69, 9.17) is 0 Å². The minimum Gasteiger partial charge on any atom is -0.381 e. The maximum Gasteiger partial charge on any atom is 0.501 e. The van der Waals surface area contributed by atoms with Crippen LogP contribution in [0.4, 0.5) is 23.2 Å². The molecule has 0 saturated carbocycles. The molecule has 1 heterocycles. The van der Waals surface area contributed by atoms with Gasteiger partial charge in [0.15, 0.2) is 0 Å². The Labute approximate surface area is 155 Å². The highest BCUT2D eigenvalue weighted by Gasteiger charge is 2.48. The van der Waals surface area contributed by atoms with Crippen LogP contribution in [0.25, 0.3) is 0 Å². The molecule has 1 aromatic carbocycles. The maximum atomic E-state index is 13.4. The first-order valence-electron chi connectivity index (χ1n) is 8.57. The summed E-state index contributed by atoms with van der Waals surface area (Å²) in [6.45, 7) is 4.71. The highest BCUT2D eigenvalue weighted by molar-refractivity contribution is 7.92. The van der Waals surface area contributed by atoms with E-state index in [9.17, 15) is 30.8 Å². The van der Waals surface area contributed by atoms with Crippen LogP contribution in [-0.4, -0.2) is 43.9 Å². The number of sulfone groups is 1. The minimum atomic E-state index is -5.69. The molecular formula is C17H22F4N2O3S. The smallest absolute Gasteiger partial charge is 0.381 e. The van der Waals surface area contributed by atoms with Gasteiger partial charge in [-0.3, -0.25) is 4.79 Å². The number of rotatable bonds is 5. The molecule has 0 aromatic heterocycles. The second-order valence-electron chi connectivity index (χ2n) is 6.99. The van der Waals surface area contributed by atoms with Gasteiger partial charge in [-0.05, 0) is 37.0 Å². The van der Waals surface area contributed by atoms with E-state index in [1.54, 1.807) is 4.90 Å². The van der Waals surface area contributed by atoms with Crippen molar-refractivity contribution < 1.29 is 30.8 Å². The van der Waals surface area contributed by atoms with Crippen LogP contribution in [0.2, 0.25) is 0 Å². The molecule has 5 nitrogen and oxygen atoms in total. The topological polar surface area (TPSA) is 66.5 Å². The highest BCUT2D eigenvalue weighted by atomic mass is 32.2. The molecule has 0 radical (unpaired) electrons. The number of amides is 1. The van der Waals surface area contributed by atoms with Crippen molar-refractivity contribution >= 4 is 21.4 Å². The van der Waals surface area contributed by atoms with E-state index in [1.165, 1.54) is 0 Å². The molecule has 152 valence electrons. The van der Waals surface area contributed by atoms with Gasteiger partial charge in [-0.25, -0.2) is 12.8 Å². The average Bonchev–Trinajstić information content (AvgIpc) is 2.55. The number of hydrogen-bond donors (Lipinski definition) is 1.